The molecular formula is C29H27ClFN7O4. The van der Waals surface area contributed by atoms with Gasteiger partial charge in [0.15, 0.2) is 5.82 Å². The summed E-state index contributed by atoms with van der Waals surface area (Å²) in [6.45, 7) is 1.68. The van der Waals surface area contributed by atoms with E-state index in [-0.39, 0.29) is 39.9 Å². The lowest BCUT2D eigenvalue weighted by molar-refractivity contribution is -0.116. The summed E-state index contributed by atoms with van der Waals surface area (Å²) in [7, 11) is 1.27. The van der Waals surface area contributed by atoms with Gasteiger partial charge in [0, 0.05) is 17.7 Å². The molecule has 3 atom stereocenters. The van der Waals surface area contributed by atoms with Crippen LogP contribution in [0.2, 0.25) is 5.02 Å². The number of rotatable bonds is 4. The van der Waals surface area contributed by atoms with Crippen LogP contribution in [0.4, 0.5) is 20.6 Å². The van der Waals surface area contributed by atoms with Crippen LogP contribution in [0.1, 0.15) is 47.2 Å². The van der Waals surface area contributed by atoms with Crippen LogP contribution in [0.25, 0.3) is 16.9 Å². The number of carbonyl (C=O) groups is 3. The van der Waals surface area contributed by atoms with E-state index in [4.69, 9.17) is 11.6 Å². The predicted octanol–water partition coefficient (Wildman–Crippen LogP) is 5.38. The van der Waals surface area contributed by atoms with Gasteiger partial charge in [-0.2, -0.15) is 5.10 Å². The topological polar surface area (TPSA) is 143 Å². The van der Waals surface area contributed by atoms with Crippen molar-refractivity contribution in [3.8, 4) is 16.9 Å². The van der Waals surface area contributed by atoms with E-state index in [2.05, 4.69) is 35.8 Å². The number of methoxy groups -OCH3 is 1. The van der Waals surface area contributed by atoms with E-state index in [1.54, 1.807) is 37.4 Å². The molecule has 1 aliphatic heterocycles. The number of fused-ring (bicyclic) bond motifs is 5. The minimum Gasteiger partial charge on any atom is -0.453 e. The Kier molecular flexibility index (Phi) is 7.15. The fraction of sp³-hybridized carbons (Fsp3) is 0.276. The van der Waals surface area contributed by atoms with E-state index in [0.29, 0.717) is 47.0 Å². The molecule has 1 aliphatic carbocycles. The second kappa shape index (κ2) is 10.9. The zero-order valence-electron chi connectivity index (χ0n) is 22.7. The monoisotopic (exact) mass is 591 g/mol. The zero-order valence-corrected chi connectivity index (χ0v) is 23.5. The summed E-state index contributed by atoms with van der Waals surface area (Å²) in [5.41, 5.74) is 3.12. The first-order chi connectivity index (χ1) is 20.2. The molecule has 0 spiro atoms. The van der Waals surface area contributed by atoms with Gasteiger partial charge in [-0.1, -0.05) is 17.7 Å². The van der Waals surface area contributed by atoms with Gasteiger partial charge in [0.05, 0.1) is 53.2 Å². The number of hydrogen-bond donors (Lipinski definition) is 4. The van der Waals surface area contributed by atoms with Crippen molar-refractivity contribution in [2.24, 2.45) is 11.8 Å². The van der Waals surface area contributed by atoms with Gasteiger partial charge >= 0.3 is 6.09 Å². The van der Waals surface area contributed by atoms with E-state index in [1.807, 2.05) is 0 Å². The van der Waals surface area contributed by atoms with E-state index in [9.17, 15) is 18.8 Å². The van der Waals surface area contributed by atoms with Crippen LogP contribution in [0.3, 0.4) is 0 Å². The number of hydrogen-bond acceptors (Lipinski definition) is 6. The molecule has 2 aromatic heterocycles. The molecule has 2 bridgehead atoms. The number of carbonyl (C=O) groups excluding carboxylic acids is 3. The number of imidazole rings is 1. The molecule has 4 aromatic rings. The number of aromatic amines is 1. The smallest absolute Gasteiger partial charge is 0.411 e. The predicted molar refractivity (Wildman–Crippen MR) is 153 cm³/mol. The Morgan fingerprint density at radius 3 is 2.81 bits per heavy atom. The molecule has 13 heteroatoms. The average Bonchev–Trinajstić information content (AvgIpc) is 3.31. The maximum Gasteiger partial charge on any atom is 0.411 e. The van der Waals surface area contributed by atoms with Gasteiger partial charge in [-0.25, -0.2) is 18.9 Å². The standard InChI is InChI=1S/C29H27ClFN7O4/c1-14-19(12-33-38(14)24-5-3-4-20(30)26(24)31)28(40)37-22-9-15-8-16(15)10-25(39)35-21-11-17(34-29(41)42-2)6-7-18(21)23-13-32-27(22)36-23/h3-7,11-13,15-16,22H,8-10H2,1-2H3,(H,32,36)(H,34,41)(H,35,39)(H,37,40). The van der Waals surface area contributed by atoms with Crippen LogP contribution in [-0.4, -0.2) is 44.8 Å². The number of halogens is 2. The Morgan fingerprint density at radius 2 is 2.00 bits per heavy atom. The van der Waals surface area contributed by atoms with Crippen LogP contribution in [-0.2, 0) is 9.53 Å². The van der Waals surface area contributed by atoms with E-state index in [1.165, 1.54) is 30.1 Å². The minimum atomic E-state index is -0.629. The second-order valence-electron chi connectivity index (χ2n) is 10.5. The number of benzene rings is 2. The summed E-state index contributed by atoms with van der Waals surface area (Å²) in [6, 6.07) is 9.22. The van der Waals surface area contributed by atoms with Crippen molar-refractivity contribution < 1.29 is 23.5 Å². The normalized spacial score (nSPS) is 19.3. The number of amides is 3. The lowest BCUT2D eigenvalue weighted by Gasteiger charge is -2.18. The van der Waals surface area contributed by atoms with Crippen LogP contribution < -0.4 is 16.0 Å². The number of anilines is 2. The van der Waals surface area contributed by atoms with Crippen molar-refractivity contribution in [1.82, 2.24) is 25.1 Å². The van der Waals surface area contributed by atoms with Crippen molar-refractivity contribution in [2.75, 3.05) is 17.7 Å². The molecule has 2 aliphatic rings. The average molecular weight is 592 g/mol. The Bertz CT molecular complexity index is 1720. The molecule has 11 nitrogen and oxygen atoms in total. The molecule has 1 saturated carbocycles. The van der Waals surface area contributed by atoms with E-state index in [0.717, 1.165) is 6.42 Å². The largest absolute Gasteiger partial charge is 0.453 e. The van der Waals surface area contributed by atoms with Gasteiger partial charge in [0.1, 0.15) is 11.5 Å². The first-order valence-corrected chi connectivity index (χ1v) is 13.7. The first-order valence-electron chi connectivity index (χ1n) is 13.4. The number of aromatic nitrogens is 4. The van der Waals surface area contributed by atoms with E-state index >= 15 is 0 Å². The summed E-state index contributed by atoms with van der Waals surface area (Å²) in [4.78, 5) is 46.1. The molecule has 0 saturated heterocycles. The Hall–Kier alpha value is -4.71. The third kappa shape index (κ3) is 5.32. The summed E-state index contributed by atoms with van der Waals surface area (Å²) < 4.78 is 20.7. The third-order valence-electron chi connectivity index (χ3n) is 7.72. The molecule has 42 heavy (non-hydrogen) atoms. The lowest BCUT2D eigenvalue weighted by Crippen LogP contribution is -2.30. The van der Waals surface area contributed by atoms with Crippen LogP contribution in [0.5, 0.6) is 0 Å². The molecule has 2 aromatic carbocycles. The fourth-order valence-electron chi connectivity index (χ4n) is 5.38. The van der Waals surface area contributed by atoms with Crippen molar-refractivity contribution in [3.63, 3.8) is 0 Å². The molecule has 6 rings (SSSR count). The zero-order chi connectivity index (χ0) is 29.5. The molecule has 1 fully saturated rings. The van der Waals surface area contributed by atoms with Gasteiger partial charge in [0.2, 0.25) is 5.91 Å². The van der Waals surface area contributed by atoms with Gasteiger partial charge in [0.25, 0.3) is 5.91 Å². The third-order valence-corrected chi connectivity index (χ3v) is 8.01. The van der Waals surface area contributed by atoms with Crippen molar-refractivity contribution in [3.05, 3.63) is 76.7 Å². The molecule has 3 unspecified atom stereocenters. The number of nitrogens with zero attached hydrogens (tertiary/aromatic N) is 3. The highest BCUT2D eigenvalue weighted by atomic mass is 35.5. The van der Waals surface area contributed by atoms with Crippen LogP contribution in [0, 0.1) is 24.6 Å². The van der Waals surface area contributed by atoms with Gasteiger partial charge in [-0.15, -0.1) is 0 Å². The van der Waals surface area contributed by atoms with Crippen LogP contribution in [0.15, 0.2) is 48.8 Å². The van der Waals surface area contributed by atoms with Gasteiger partial charge < -0.3 is 20.4 Å². The summed E-state index contributed by atoms with van der Waals surface area (Å²) in [6.07, 6.45) is 4.16. The maximum atomic E-state index is 14.7. The maximum absolute atomic E-state index is 14.7. The second-order valence-corrected chi connectivity index (χ2v) is 10.9. The minimum absolute atomic E-state index is 0.0413. The quantitative estimate of drug-likeness (QED) is 0.251. The highest BCUT2D eigenvalue weighted by Gasteiger charge is 2.41. The van der Waals surface area contributed by atoms with Crippen molar-refractivity contribution in [2.45, 2.75) is 32.2 Å². The molecule has 3 heterocycles. The highest BCUT2D eigenvalue weighted by Crippen LogP contribution is 2.47. The Morgan fingerprint density at radius 1 is 1.17 bits per heavy atom. The molecule has 216 valence electrons. The van der Waals surface area contributed by atoms with Gasteiger partial charge in [-0.05, 0) is 61.9 Å². The van der Waals surface area contributed by atoms with E-state index < -0.39 is 18.0 Å². The van der Waals surface area contributed by atoms with Crippen LogP contribution >= 0.6 is 11.6 Å². The molecule has 4 N–H and O–H groups in total. The summed E-state index contributed by atoms with van der Waals surface area (Å²) in [5, 5.41) is 12.9. The SMILES string of the molecule is COC(=O)Nc1ccc2c(c1)NC(=O)CC1CC1CC(NC(=O)c1cnn(-c3cccc(Cl)c3F)c1C)c1ncc-2[nH]1. The van der Waals surface area contributed by atoms with Gasteiger partial charge in [-0.3, -0.25) is 14.9 Å². The van der Waals surface area contributed by atoms with Crippen molar-refractivity contribution >= 4 is 40.9 Å². The molecule has 3 amide bonds. The molecule has 0 radical (unpaired) electrons. The fourth-order valence-corrected chi connectivity index (χ4v) is 5.55. The molecular weight excluding hydrogens is 565 g/mol. The Labute approximate surface area is 244 Å². The highest BCUT2D eigenvalue weighted by molar-refractivity contribution is 6.30. The number of ether oxygens (including phenoxy) is 1. The Balaban J connectivity index is 1.30. The van der Waals surface area contributed by atoms with Crippen molar-refractivity contribution in [1.29, 1.82) is 0 Å². The number of H-pyrrole nitrogens is 1. The lowest BCUT2D eigenvalue weighted by atomic mass is 10.0. The summed E-state index contributed by atoms with van der Waals surface area (Å²) >= 11 is 5.95. The number of nitrogens with one attached hydrogen (secondary N) is 4. The first kappa shape index (κ1) is 27.5. The summed E-state index contributed by atoms with van der Waals surface area (Å²) in [5.74, 6) is -0.221.